The number of amides is 1. The molecule has 0 saturated heterocycles. The van der Waals surface area contributed by atoms with Crippen LogP contribution in [0.15, 0.2) is 36.8 Å². The molecule has 0 aliphatic carbocycles. The maximum atomic E-state index is 13.7. The maximum Gasteiger partial charge on any atom is 0.435 e. The van der Waals surface area contributed by atoms with Crippen molar-refractivity contribution >= 4 is 21.8 Å². The predicted molar refractivity (Wildman–Crippen MR) is 118 cm³/mol. The van der Waals surface area contributed by atoms with Gasteiger partial charge in [-0.15, -0.1) is 0 Å². The van der Waals surface area contributed by atoms with Crippen molar-refractivity contribution < 1.29 is 18.0 Å². The Hall–Kier alpha value is -2.68. The van der Waals surface area contributed by atoms with Crippen LogP contribution in [0.3, 0.4) is 0 Å². The second kappa shape index (κ2) is 8.35. The molecule has 1 aromatic carbocycles. The summed E-state index contributed by atoms with van der Waals surface area (Å²) in [4.78, 5) is 19.5. The monoisotopic (exact) mass is 506 g/mol. The van der Waals surface area contributed by atoms with Crippen LogP contribution < -0.4 is 0 Å². The minimum atomic E-state index is -4.59. The smallest absolute Gasteiger partial charge is 0.331 e. The van der Waals surface area contributed by atoms with Crippen molar-refractivity contribution in [3.05, 3.63) is 70.3 Å². The van der Waals surface area contributed by atoms with Crippen molar-refractivity contribution in [3.63, 3.8) is 0 Å². The number of halogens is 4. The Balaban J connectivity index is 1.81. The average molecular weight is 507 g/mol. The number of carbonyl (C=O) groups excluding carboxylic acids is 1. The summed E-state index contributed by atoms with van der Waals surface area (Å²) in [6.45, 7) is 4.29. The first-order valence-corrected chi connectivity index (χ1v) is 11.3. The summed E-state index contributed by atoms with van der Waals surface area (Å²) >= 11 is 3.39. The number of pyridine rings is 1. The number of fused-ring (bicyclic) bond motifs is 1. The fourth-order valence-electron chi connectivity index (χ4n) is 4.25. The number of aromatic nitrogens is 3. The van der Waals surface area contributed by atoms with Crippen LogP contribution >= 0.6 is 15.9 Å². The third-order valence-electron chi connectivity index (χ3n) is 5.79. The number of alkyl halides is 4. The van der Waals surface area contributed by atoms with Crippen LogP contribution in [-0.4, -0.2) is 32.1 Å². The standard InChI is InChI=1S/C23H22BrF3N4O/c1-13-6-16(11-28-10-13)14(2)31-5-4-17-18(7-15(9-24)8-19(17)22(31)32)20-12-30(3)29-21(20)23(25,26)27/h6-8,10-12,14H,4-5,9H2,1-3H3/t14-/m1/s1. The zero-order valence-corrected chi connectivity index (χ0v) is 19.5. The summed E-state index contributed by atoms with van der Waals surface area (Å²) in [6, 6.07) is 5.28. The van der Waals surface area contributed by atoms with E-state index in [0.29, 0.717) is 35.0 Å². The van der Waals surface area contributed by atoms with Crippen molar-refractivity contribution in [2.75, 3.05) is 6.54 Å². The number of rotatable bonds is 4. The summed E-state index contributed by atoms with van der Waals surface area (Å²) in [5.41, 5.74) is 3.19. The van der Waals surface area contributed by atoms with Crippen LogP contribution in [0.4, 0.5) is 13.2 Å². The number of aryl methyl sites for hydroxylation is 2. The Bertz CT molecular complexity index is 1190. The lowest BCUT2D eigenvalue weighted by molar-refractivity contribution is -0.140. The fourth-order valence-corrected chi connectivity index (χ4v) is 4.57. The topological polar surface area (TPSA) is 51.0 Å². The van der Waals surface area contributed by atoms with E-state index in [0.717, 1.165) is 21.4 Å². The molecule has 0 bridgehead atoms. The molecule has 0 spiro atoms. The van der Waals surface area contributed by atoms with E-state index in [4.69, 9.17) is 0 Å². The van der Waals surface area contributed by atoms with E-state index in [-0.39, 0.29) is 17.5 Å². The van der Waals surface area contributed by atoms with Crippen molar-refractivity contribution in [1.29, 1.82) is 0 Å². The van der Waals surface area contributed by atoms with Crippen molar-refractivity contribution in [2.24, 2.45) is 7.05 Å². The van der Waals surface area contributed by atoms with Gasteiger partial charge in [-0.1, -0.05) is 22.0 Å². The summed E-state index contributed by atoms with van der Waals surface area (Å²) in [6.07, 6.45) is 0.727. The lowest BCUT2D eigenvalue weighted by Crippen LogP contribution is -2.39. The Morgan fingerprint density at radius 2 is 1.88 bits per heavy atom. The van der Waals surface area contributed by atoms with Gasteiger partial charge in [0, 0.05) is 48.6 Å². The van der Waals surface area contributed by atoms with Gasteiger partial charge in [-0.05, 0) is 60.2 Å². The van der Waals surface area contributed by atoms with Gasteiger partial charge >= 0.3 is 6.18 Å². The molecule has 0 saturated carbocycles. The molecule has 4 rings (SSSR count). The fraction of sp³-hybridized carbons (Fsp3) is 0.348. The van der Waals surface area contributed by atoms with Crippen molar-refractivity contribution in [1.82, 2.24) is 19.7 Å². The van der Waals surface area contributed by atoms with Gasteiger partial charge in [-0.3, -0.25) is 14.5 Å². The van der Waals surface area contributed by atoms with Gasteiger partial charge in [0.2, 0.25) is 0 Å². The van der Waals surface area contributed by atoms with E-state index >= 15 is 0 Å². The van der Waals surface area contributed by atoms with Crippen LogP contribution in [0.2, 0.25) is 0 Å². The zero-order valence-electron chi connectivity index (χ0n) is 17.9. The van der Waals surface area contributed by atoms with Crippen LogP contribution in [0.5, 0.6) is 0 Å². The van der Waals surface area contributed by atoms with Crippen LogP contribution in [-0.2, 0) is 25.0 Å². The van der Waals surface area contributed by atoms with Crippen LogP contribution in [0.1, 0.15) is 51.3 Å². The quantitative estimate of drug-likeness (QED) is 0.441. The highest BCUT2D eigenvalue weighted by atomic mass is 79.9. The molecule has 1 atom stereocenters. The molecule has 3 heterocycles. The third kappa shape index (κ3) is 4.05. The molecule has 2 aromatic heterocycles. The molecule has 0 N–H and O–H groups in total. The molecule has 5 nitrogen and oxygen atoms in total. The van der Waals surface area contributed by atoms with E-state index in [1.807, 2.05) is 19.9 Å². The van der Waals surface area contributed by atoms with Gasteiger partial charge in [0.15, 0.2) is 5.69 Å². The van der Waals surface area contributed by atoms with Gasteiger partial charge in [-0.25, -0.2) is 0 Å². The number of hydrogen-bond acceptors (Lipinski definition) is 3. The van der Waals surface area contributed by atoms with Crippen molar-refractivity contribution in [3.8, 4) is 11.1 Å². The molecular formula is C23H22BrF3N4O. The average Bonchev–Trinajstić information content (AvgIpc) is 3.15. The molecule has 0 radical (unpaired) electrons. The van der Waals surface area contributed by atoms with Gasteiger partial charge in [0.25, 0.3) is 5.91 Å². The highest BCUT2D eigenvalue weighted by Crippen LogP contribution is 2.40. The SMILES string of the molecule is Cc1cncc([C@@H](C)N2CCc3c(cc(CBr)cc3-c3cn(C)nc3C(F)(F)F)C2=O)c1. The molecule has 9 heteroatoms. The minimum Gasteiger partial charge on any atom is -0.331 e. The summed E-state index contributed by atoms with van der Waals surface area (Å²) < 4.78 is 42.1. The summed E-state index contributed by atoms with van der Waals surface area (Å²) in [5, 5.41) is 4.07. The number of nitrogens with zero attached hydrogens (tertiary/aromatic N) is 4. The second-order valence-corrected chi connectivity index (χ2v) is 8.65. The number of hydrogen-bond donors (Lipinski definition) is 0. The lowest BCUT2D eigenvalue weighted by atomic mass is 9.87. The molecule has 1 aliphatic rings. The molecule has 32 heavy (non-hydrogen) atoms. The molecule has 168 valence electrons. The Morgan fingerprint density at radius 3 is 2.53 bits per heavy atom. The summed E-state index contributed by atoms with van der Waals surface area (Å²) in [7, 11) is 1.46. The number of benzene rings is 1. The van der Waals surface area contributed by atoms with Gasteiger partial charge < -0.3 is 4.90 Å². The maximum absolute atomic E-state index is 13.7. The molecule has 0 unspecified atom stereocenters. The van der Waals surface area contributed by atoms with E-state index in [9.17, 15) is 18.0 Å². The highest BCUT2D eigenvalue weighted by Gasteiger charge is 2.39. The van der Waals surface area contributed by atoms with E-state index < -0.39 is 11.9 Å². The molecular weight excluding hydrogens is 485 g/mol. The second-order valence-electron chi connectivity index (χ2n) is 8.09. The number of carbonyl (C=O) groups is 1. The zero-order chi connectivity index (χ0) is 23.2. The van der Waals surface area contributed by atoms with Crippen molar-refractivity contribution in [2.45, 2.75) is 37.8 Å². The highest BCUT2D eigenvalue weighted by molar-refractivity contribution is 9.08. The first-order valence-electron chi connectivity index (χ1n) is 10.2. The lowest BCUT2D eigenvalue weighted by Gasteiger charge is -2.35. The van der Waals surface area contributed by atoms with E-state index in [2.05, 4.69) is 26.0 Å². The summed E-state index contributed by atoms with van der Waals surface area (Å²) in [5.74, 6) is -0.193. The first-order chi connectivity index (χ1) is 15.1. The Kier molecular flexibility index (Phi) is 5.87. The Morgan fingerprint density at radius 1 is 1.16 bits per heavy atom. The van der Waals surface area contributed by atoms with E-state index in [1.54, 1.807) is 29.4 Å². The first kappa shape index (κ1) is 22.5. The largest absolute Gasteiger partial charge is 0.435 e. The third-order valence-corrected chi connectivity index (χ3v) is 6.44. The van der Waals surface area contributed by atoms with Gasteiger partial charge in [0.1, 0.15) is 0 Å². The minimum absolute atomic E-state index is 0.00349. The molecule has 3 aromatic rings. The van der Waals surface area contributed by atoms with E-state index in [1.165, 1.54) is 13.2 Å². The Labute approximate surface area is 192 Å². The van der Waals surface area contributed by atoms with Crippen LogP contribution in [0, 0.1) is 6.92 Å². The predicted octanol–water partition coefficient (Wildman–Crippen LogP) is 5.46. The molecule has 1 amide bonds. The van der Waals surface area contributed by atoms with Crippen LogP contribution in [0.25, 0.3) is 11.1 Å². The van der Waals surface area contributed by atoms with Gasteiger partial charge in [-0.2, -0.15) is 18.3 Å². The molecule has 1 aliphatic heterocycles. The van der Waals surface area contributed by atoms with Gasteiger partial charge in [0.05, 0.1) is 6.04 Å². The molecule has 0 fully saturated rings. The normalized spacial score (nSPS) is 15.1.